The fourth-order valence-corrected chi connectivity index (χ4v) is 2.66. The first-order valence-electron chi connectivity index (χ1n) is 9.99. The van der Waals surface area contributed by atoms with Crippen molar-refractivity contribution in [3.05, 3.63) is 35.4 Å². The van der Waals surface area contributed by atoms with Gasteiger partial charge < -0.3 is 20.4 Å². The lowest BCUT2D eigenvalue weighted by Crippen LogP contribution is -2.39. The Hall–Kier alpha value is -1.35. The molecule has 0 aliphatic carbocycles. The number of likely N-dealkylation sites (N-methyl/N-ethyl adjacent to an activating group) is 1. The molecule has 0 spiro atoms. The molecule has 0 bridgehead atoms. The number of nitrogens with one attached hydrogen (secondary N) is 2. The van der Waals surface area contributed by atoms with Crippen LogP contribution in [0.2, 0.25) is 0 Å². The minimum absolute atomic E-state index is 0. The van der Waals surface area contributed by atoms with Crippen molar-refractivity contribution >= 4 is 35.8 Å². The van der Waals surface area contributed by atoms with Crippen LogP contribution in [-0.4, -0.2) is 75.5 Å². The minimum atomic E-state index is 0. The second-order valence-electron chi connectivity index (χ2n) is 6.99. The van der Waals surface area contributed by atoms with Crippen LogP contribution in [0.25, 0.3) is 0 Å². The van der Waals surface area contributed by atoms with Gasteiger partial charge in [0.05, 0.1) is 6.54 Å². The Balaban J connectivity index is 0.00000729. The number of aliphatic imine (C=N–C) groups is 1. The number of carbonyl (C=O) groups excluding carboxylic acids is 1. The molecule has 28 heavy (non-hydrogen) atoms. The highest BCUT2D eigenvalue weighted by atomic mass is 127. The van der Waals surface area contributed by atoms with E-state index in [0.717, 1.165) is 56.2 Å². The number of amides is 1. The molecular formula is C21H38IN5O. The Morgan fingerprint density at radius 3 is 2.50 bits per heavy atom. The van der Waals surface area contributed by atoms with Crippen molar-refractivity contribution in [2.75, 3.05) is 53.9 Å². The second-order valence-corrected chi connectivity index (χ2v) is 6.99. The van der Waals surface area contributed by atoms with Gasteiger partial charge in [0.15, 0.2) is 5.96 Å². The summed E-state index contributed by atoms with van der Waals surface area (Å²) in [7, 11) is 5.69. The number of hydrogen-bond donors (Lipinski definition) is 2. The molecule has 0 atom stereocenters. The zero-order valence-electron chi connectivity index (χ0n) is 18.1. The maximum atomic E-state index is 12.1. The SMILES string of the molecule is CCCCN(C)CCN=C(NCC)NCCc1cccc(C(=O)N(C)C)c1.I. The zero-order valence-corrected chi connectivity index (χ0v) is 20.5. The second kappa shape index (κ2) is 15.6. The van der Waals surface area contributed by atoms with Crippen molar-refractivity contribution < 1.29 is 4.79 Å². The summed E-state index contributed by atoms with van der Waals surface area (Å²) >= 11 is 0. The number of hydrogen-bond acceptors (Lipinski definition) is 3. The Bertz CT molecular complexity index is 592. The molecule has 0 saturated heterocycles. The van der Waals surface area contributed by atoms with Gasteiger partial charge in [0.1, 0.15) is 0 Å². The third kappa shape index (κ3) is 10.8. The standard InChI is InChI=1S/C21H37N5O.HI/c1-6-8-15-26(5)16-14-24-21(22-7-2)23-13-12-18-10-9-11-19(17-18)20(27)25(3)4;/h9-11,17H,6-8,12-16H2,1-5H3,(H2,22,23,24);1H. The summed E-state index contributed by atoms with van der Waals surface area (Å²) in [4.78, 5) is 20.7. The van der Waals surface area contributed by atoms with Gasteiger partial charge in [-0.05, 0) is 51.1 Å². The lowest BCUT2D eigenvalue weighted by molar-refractivity contribution is 0.0827. The lowest BCUT2D eigenvalue weighted by atomic mass is 10.1. The van der Waals surface area contributed by atoms with E-state index in [-0.39, 0.29) is 29.9 Å². The van der Waals surface area contributed by atoms with Crippen LogP contribution in [0, 0.1) is 0 Å². The summed E-state index contributed by atoms with van der Waals surface area (Å²) in [6.45, 7) is 8.76. The fourth-order valence-electron chi connectivity index (χ4n) is 2.66. The van der Waals surface area contributed by atoms with Crippen molar-refractivity contribution in [3.8, 4) is 0 Å². The van der Waals surface area contributed by atoms with Crippen LogP contribution in [0.4, 0.5) is 0 Å². The van der Waals surface area contributed by atoms with Gasteiger partial charge in [-0.1, -0.05) is 25.5 Å². The Morgan fingerprint density at radius 1 is 1.11 bits per heavy atom. The molecule has 0 aromatic heterocycles. The summed E-state index contributed by atoms with van der Waals surface area (Å²) in [5.41, 5.74) is 1.87. The maximum absolute atomic E-state index is 12.1. The monoisotopic (exact) mass is 503 g/mol. The van der Waals surface area contributed by atoms with Crippen LogP contribution in [-0.2, 0) is 6.42 Å². The molecule has 1 amide bonds. The number of unbranched alkanes of at least 4 members (excludes halogenated alkanes) is 1. The molecule has 0 aliphatic rings. The van der Waals surface area contributed by atoms with E-state index < -0.39 is 0 Å². The molecule has 0 radical (unpaired) electrons. The maximum Gasteiger partial charge on any atom is 0.253 e. The van der Waals surface area contributed by atoms with E-state index in [1.807, 2.05) is 18.2 Å². The first-order chi connectivity index (χ1) is 13.0. The van der Waals surface area contributed by atoms with Crippen LogP contribution >= 0.6 is 24.0 Å². The lowest BCUT2D eigenvalue weighted by Gasteiger charge is -2.16. The number of guanidine groups is 1. The fraction of sp³-hybridized carbons (Fsp3) is 0.619. The zero-order chi connectivity index (χ0) is 20.1. The highest BCUT2D eigenvalue weighted by Crippen LogP contribution is 2.07. The molecule has 6 nitrogen and oxygen atoms in total. The number of benzene rings is 1. The summed E-state index contributed by atoms with van der Waals surface area (Å²) in [6, 6.07) is 7.83. The summed E-state index contributed by atoms with van der Waals surface area (Å²) in [6.07, 6.45) is 3.29. The smallest absolute Gasteiger partial charge is 0.253 e. The van der Waals surface area contributed by atoms with E-state index in [1.54, 1.807) is 19.0 Å². The van der Waals surface area contributed by atoms with Gasteiger partial charge in [0.25, 0.3) is 5.91 Å². The Labute approximate surface area is 188 Å². The molecule has 0 unspecified atom stereocenters. The third-order valence-corrected chi connectivity index (χ3v) is 4.28. The van der Waals surface area contributed by atoms with E-state index in [9.17, 15) is 4.79 Å². The van der Waals surface area contributed by atoms with E-state index in [2.05, 4.69) is 47.5 Å². The number of carbonyl (C=O) groups is 1. The predicted molar refractivity (Wildman–Crippen MR) is 130 cm³/mol. The van der Waals surface area contributed by atoms with Gasteiger partial charge in [-0.2, -0.15) is 0 Å². The molecule has 1 rings (SSSR count). The van der Waals surface area contributed by atoms with Crippen molar-refractivity contribution in [1.29, 1.82) is 0 Å². The van der Waals surface area contributed by atoms with E-state index >= 15 is 0 Å². The van der Waals surface area contributed by atoms with Crippen LogP contribution in [0.15, 0.2) is 29.3 Å². The van der Waals surface area contributed by atoms with Gasteiger partial charge in [0.2, 0.25) is 0 Å². The van der Waals surface area contributed by atoms with Gasteiger partial charge >= 0.3 is 0 Å². The molecule has 7 heteroatoms. The molecule has 0 saturated carbocycles. The first kappa shape index (κ1) is 26.6. The highest BCUT2D eigenvalue weighted by Gasteiger charge is 2.08. The number of rotatable bonds is 11. The van der Waals surface area contributed by atoms with Crippen molar-refractivity contribution in [2.24, 2.45) is 4.99 Å². The third-order valence-electron chi connectivity index (χ3n) is 4.28. The Kier molecular flexibility index (Phi) is 14.8. The average Bonchev–Trinajstić information content (AvgIpc) is 2.66. The van der Waals surface area contributed by atoms with Crippen molar-refractivity contribution in [2.45, 2.75) is 33.1 Å². The van der Waals surface area contributed by atoms with Crippen LogP contribution in [0.1, 0.15) is 42.6 Å². The highest BCUT2D eigenvalue weighted by molar-refractivity contribution is 14.0. The van der Waals surface area contributed by atoms with Gasteiger partial charge in [-0.25, -0.2) is 0 Å². The van der Waals surface area contributed by atoms with Gasteiger partial charge in [-0.15, -0.1) is 24.0 Å². The molecule has 2 N–H and O–H groups in total. The largest absolute Gasteiger partial charge is 0.357 e. The molecule has 1 aromatic rings. The van der Waals surface area contributed by atoms with Crippen molar-refractivity contribution in [3.63, 3.8) is 0 Å². The van der Waals surface area contributed by atoms with Crippen LogP contribution in [0.5, 0.6) is 0 Å². The normalized spacial score (nSPS) is 11.1. The van der Waals surface area contributed by atoms with Gasteiger partial charge in [-0.3, -0.25) is 9.79 Å². The molecule has 1 aromatic carbocycles. The van der Waals surface area contributed by atoms with Gasteiger partial charge in [0, 0.05) is 39.3 Å². The Morgan fingerprint density at radius 2 is 1.86 bits per heavy atom. The number of halogens is 1. The number of nitrogens with zero attached hydrogens (tertiary/aromatic N) is 3. The minimum Gasteiger partial charge on any atom is -0.357 e. The molecule has 0 aliphatic heterocycles. The van der Waals surface area contributed by atoms with E-state index in [1.165, 1.54) is 12.8 Å². The molecule has 160 valence electrons. The van der Waals surface area contributed by atoms with E-state index in [4.69, 9.17) is 0 Å². The summed E-state index contributed by atoms with van der Waals surface area (Å²) in [5.74, 6) is 0.883. The van der Waals surface area contributed by atoms with Crippen LogP contribution < -0.4 is 10.6 Å². The average molecular weight is 503 g/mol. The van der Waals surface area contributed by atoms with E-state index in [0.29, 0.717) is 0 Å². The topological polar surface area (TPSA) is 60.0 Å². The quantitative estimate of drug-likeness (QED) is 0.277. The summed E-state index contributed by atoms with van der Waals surface area (Å²) < 4.78 is 0. The first-order valence-corrected chi connectivity index (χ1v) is 9.99. The van der Waals surface area contributed by atoms with Crippen LogP contribution in [0.3, 0.4) is 0 Å². The predicted octanol–water partition coefficient (Wildman–Crippen LogP) is 2.84. The van der Waals surface area contributed by atoms with Crippen molar-refractivity contribution in [1.82, 2.24) is 20.4 Å². The summed E-state index contributed by atoms with van der Waals surface area (Å²) in [5, 5.41) is 6.67. The molecule has 0 fully saturated rings. The molecule has 0 heterocycles. The molecular weight excluding hydrogens is 465 g/mol.